The van der Waals surface area contributed by atoms with Crippen LogP contribution in [0.1, 0.15) is 5.56 Å². The Morgan fingerprint density at radius 2 is 2.27 bits per heavy atom. The van der Waals surface area contributed by atoms with E-state index in [1.54, 1.807) is 23.1 Å². The molecule has 5 heteroatoms. The van der Waals surface area contributed by atoms with Crippen LogP contribution in [0, 0.1) is 5.82 Å². The quantitative estimate of drug-likeness (QED) is 0.827. The van der Waals surface area contributed by atoms with Crippen molar-refractivity contribution >= 4 is 27.5 Å². The second-order valence-electron chi connectivity index (χ2n) is 3.07. The lowest BCUT2D eigenvalue weighted by molar-refractivity contribution is 0.611. The van der Waals surface area contributed by atoms with Crippen LogP contribution in [0.15, 0.2) is 35.1 Å². The molecule has 0 radical (unpaired) electrons. The van der Waals surface area contributed by atoms with Crippen molar-refractivity contribution in [2.75, 3.05) is 0 Å². The molecule has 1 heterocycles. The Hall–Kier alpha value is -0.870. The fourth-order valence-electron chi connectivity index (χ4n) is 1.27. The van der Waals surface area contributed by atoms with Crippen molar-refractivity contribution in [3.8, 4) is 0 Å². The van der Waals surface area contributed by atoms with Crippen molar-refractivity contribution < 1.29 is 4.39 Å². The SMILES string of the molecule is Fc1cccc(Cn2cc(Cl)cn2)c1Br. The monoisotopic (exact) mass is 288 g/mol. The summed E-state index contributed by atoms with van der Waals surface area (Å²) in [7, 11) is 0. The normalized spacial score (nSPS) is 10.6. The third-order valence-corrected chi connectivity index (χ3v) is 3.05. The number of hydrogen-bond acceptors (Lipinski definition) is 1. The van der Waals surface area contributed by atoms with Gasteiger partial charge in [0.15, 0.2) is 0 Å². The number of halogens is 3. The summed E-state index contributed by atoms with van der Waals surface area (Å²) >= 11 is 8.92. The van der Waals surface area contributed by atoms with Crippen LogP contribution in [0.5, 0.6) is 0 Å². The van der Waals surface area contributed by atoms with Gasteiger partial charge in [-0.1, -0.05) is 23.7 Å². The summed E-state index contributed by atoms with van der Waals surface area (Å²) in [4.78, 5) is 0. The van der Waals surface area contributed by atoms with Gasteiger partial charge in [-0.15, -0.1) is 0 Å². The highest BCUT2D eigenvalue weighted by Crippen LogP contribution is 2.21. The van der Waals surface area contributed by atoms with Crippen molar-refractivity contribution in [2.24, 2.45) is 0 Å². The van der Waals surface area contributed by atoms with Crippen LogP contribution in [0.3, 0.4) is 0 Å². The first-order valence-electron chi connectivity index (χ1n) is 4.27. The lowest BCUT2D eigenvalue weighted by Crippen LogP contribution is -2.01. The maximum Gasteiger partial charge on any atom is 0.137 e. The predicted octanol–water partition coefficient (Wildman–Crippen LogP) is 3.49. The maximum absolute atomic E-state index is 13.2. The highest BCUT2D eigenvalue weighted by atomic mass is 79.9. The smallest absolute Gasteiger partial charge is 0.137 e. The third kappa shape index (κ3) is 2.38. The van der Waals surface area contributed by atoms with Gasteiger partial charge in [0, 0.05) is 6.20 Å². The molecule has 0 unspecified atom stereocenters. The zero-order valence-corrected chi connectivity index (χ0v) is 9.96. The van der Waals surface area contributed by atoms with E-state index in [4.69, 9.17) is 11.6 Å². The van der Waals surface area contributed by atoms with E-state index in [1.165, 1.54) is 6.07 Å². The molecule has 0 spiro atoms. The summed E-state index contributed by atoms with van der Waals surface area (Å²) in [5.74, 6) is -0.272. The highest BCUT2D eigenvalue weighted by molar-refractivity contribution is 9.10. The Kier molecular flexibility index (Phi) is 3.07. The molecule has 0 amide bonds. The first kappa shape index (κ1) is 10.6. The largest absolute Gasteiger partial charge is 0.267 e. The van der Waals surface area contributed by atoms with Crippen LogP contribution in [0.2, 0.25) is 5.02 Å². The van der Waals surface area contributed by atoms with Gasteiger partial charge in [0.05, 0.1) is 22.2 Å². The van der Waals surface area contributed by atoms with E-state index >= 15 is 0 Å². The van der Waals surface area contributed by atoms with E-state index in [-0.39, 0.29) is 5.82 Å². The molecule has 0 aliphatic carbocycles. The van der Waals surface area contributed by atoms with E-state index < -0.39 is 0 Å². The molecule has 1 aromatic heterocycles. The molecule has 0 saturated heterocycles. The van der Waals surface area contributed by atoms with Gasteiger partial charge in [0.2, 0.25) is 0 Å². The average molecular weight is 290 g/mol. The zero-order chi connectivity index (χ0) is 10.8. The Labute approximate surface area is 99.8 Å². The molecule has 78 valence electrons. The van der Waals surface area contributed by atoms with E-state index in [1.807, 2.05) is 6.07 Å². The van der Waals surface area contributed by atoms with Gasteiger partial charge in [-0.3, -0.25) is 4.68 Å². The van der Waals surface area contributed by atoms with Crippen LogP contribution in [0.25, 0.3) is 0 Å². The minimum atomic E-state index is -0.272. The van der Waals surface area contributed by atoms with Crippen LogP contribution < -0.4 is 0 Å². The lowest BCUT2D eigenvalue weighted by Gasteiger charge is -2.04. The summed E-state index contributed by atoms with van der Waals surface area (Å²) in [6.45, 7) is 0.491. The van der Waals surface area contributed by atoms with Crippen LogP contribution in [-0.4, -0.2) is 9.78 Å². The molecule has 0 aliphatic heterocycles. The first-order chi connectivity index (χ1) is 7.16. The van der Waals surface area contributed by atoms with Gasteiger partial charge >= 0.3 is 0 Å². The summed E-state index contributed by atoms with van der Waals surface area (Å²) in [5, 5.41) is 4.60. The van der Waals surface area contributed by atoms with Crippen molar-refractivity contribution in [2.45, 2.75) is 6.54 Å². The molecule has 0 saturated carbocycles. The fraction of sp³-hybridized carbons (Fsp3) is 0.100. The molecule has 2 nitrogen and oxygen atoms in total. The molecule has 0 aliphatic rings. The Morgan fingerprint density at radius 1 is 1.47 bits per heavy atom. The molecule has 1 aromatic carbocycles. The Bertz CT molecular complexity index is 484. The van der Waals surface area contributed by atoms with Gasteiger partial charge in [-0.25, -0.2) is 4.39 Å². The molecular weight excluding hydrogens is 282 g/mol. The number of nitrogens with zero attached hydrogens (tertiary/aromatic N) is 2. The van der Waals surface area contributed by atoms with E-state index in [0.29, 0.717) is 16.0 Å². The lowest BCUT2D eigenvalue weighted by atomic mass is 10.2. The molecule has 0 fully saturated rings. The highest BCUT2D eigenvalue weighted by Gasteiger charge is 2.06. The van der Waals surface area contributed by atoms with Gasteiger partial charge < -0.3 is 0 Å². The van der Waals surface area contributed by atoms with Crippen LogP contribution in [-0.2, 0) is 6.54 Å². The molecule has 15 heavy (non-hydrogen) atoms. The second kappa shape index (κ2) is 4.33. The van der Waals surface area contributed by atoms with Gasteiger partial charge in [-0.2, -0.15) is 5.10 Å². The van der Waals surface area contributed by atoms with Crippen molar-refractivity contribution in [3.05, 3.63) is 51.5 Å². The fourth-order valence-corrected chi connectivity index (χ4v) is 1.82. The Morgan fingerprint density at radius 3 is 2.93 bits per heavy atom. The summed E-state index contributed by atoms with van der Waals surface area (Å²) in [6, 6.07) is 4.91. The molecule has 0 atom stereocenters. The first-order valence-corrected chi connectivity index (χ1v) is 5.45. The molecule has 2 rings (SSSR count). The molecular formula is C10H7BrClFN2. The van der Waals surface area contributed by atoms with E-state index in [0.717, 1.165) is 5.56 Å². The van der Waals surface area contributed by atoms with Crippen LogP contribution in [0.4, 0.5) is 4.39 Å². The van der Waals surface area contributed by atoms with Gasteiger partial charge in [0.25, 0.3) is 0 Å². The average Bonchev–Trinajstić information content (AvgIpc) is 2.59. The van der Waals surface area contributed by atoms with Crippen LogP contribution >= 0.6 is 27.5 Å². The standard InChI is InChI=1S/C10H7BrClFN2/c11-10-7(2-1-3-9(10)13)5-15-6-8(12)4-14-15/h1-4,6H,5H2. The number of rotatable bonds is 2. The predicted molar refractivity (Wildman–Crippen MR) is 60.4 cm³/mol. The van der Waals surface area contributed by atoms with Crippen molar-refractivity contribution in [1.29, 1.82) is 0 Å². The molecule has 0 bridgehead atoms. The Balaban J connectivity index is 2.28. The minimum absolute atomic E-state index is 0.272. The molecule has 0 N–H and O–H groups in total. The van der Waals surface area contributed by atoms with E-state index in [9.17, 15) is 4.39 Å². The maximum atomic E-state index is 13.2. The summed E-state index contributed by atoms with van der Waals surface area (Å²) in [5.41, 5.74) is 0.828. The topological polar surface area (TPSA) is 17.8 Å². The summed E-state index contributed by atoms with van der Waals surface area (Å²) in [6.07, 6.45) is 3.24. The van der Waals surface area contributed by atoms with Crippen molar-refractivity contribution in [1.82, 2.24) is 9.78 Å². The van der Waals surface area contributed by atoms with Gasteiger partial charge in [0.1, 0.15) is 5.82 Å². The second-order valence-corrected chi connectivity index (χ2v) is 4.30. The molecule has 2 aromatic rings. The van der Waals surface area contributed by atoms with Gasteiger partial charge in [-0.05, 0) is 27.6 Å². The number of hydrogen-bond donors (Lipinski definition) is 0. The third-order valence-electron chi connectivity index (χ3n) is 1.97. The number of aromatic nitrogens is 2. The minimum Gasteiger partial charge on any atom is -0.267 e. The number of benzene rings is 1. The van der Waals surface area contributed by atoms with Crippen molar-refractivity contribution in [3.63, 3.8) is 0 Å². The van der Waals surface area contributed by atoms with E-state index in [2.05, 4.69) is 21.0 Å². The zero-order valence-electron chi connectivity index (χ0n) is 7.62. The summed E-state index contributed by atoms with van der Waals surface area (Å²) < 4.78 is 15.3.